The van der Waals surface area contributed by atoms with E-state index in [2.05, 4.69) is 10.2 Å². The lowest BCUT2D eigenvalue weighted by atomic mass is 10.0. The first-order chi connectivity index (χ1) is 8.83. The lowest BCUT2D eigenvalue weighted by Crippen LogP contribution is -1.93. The third-order valence-electron chi connectivity index (χ3n) is 3.47. The summed E-state index contributed by atoms with van der Waals surface area (Å²) in [4.78, 5) is 0. The minimum atomic E-state index is 0.287. The third kappa shape index (κ3) is 1.37. The molecule has 1 saturated carbocycles. The van der Waals surface area contributed by atoms with Gasteiger partial charge in [-0.2, -0.15) is 5.10 Å². The van der Waals surface area contributed by atoms with E-state index in [0.717, 1.165) is 28.3 Å². The molecule has 0 unspecified atom stereocenters. The number of nitrogens with one attached hydrogen (secondary N) is 1. The number of hydrogen-bond donors (Lipinski definition) is 2. The van der Waals surface area contributed by atoms with Crippen LogP contribution in [-0.4, -0.2) is 17.0 Å². The highest BCUT2D eigenvalue weighted by Gasteiger charge is 2.30. The van der Waals surface area contributed by atoms with Crippen molar-refractivity contribution in [2.75, 3.05) is 12.5 Å². The minimum absolute atomic E-state index is 0.287. The van der Waals surface area contributed by atoms with Crippen molar-refractivity contribution >= 4 is 5.82 Å². The van der Waals surface area contributed by atoms with E-state index < -0.39 is 0 Å². The molecular weight excluding hydrogens is 230 g/mol. The Balaban J connectivity index is 1.85. The van der Waals surface area contributed by atoms with Gasteiger partial charge in [-0.3, -0.25) is 5.10 Å². The topological polar surface area (TPSA) is 73.2 Å². The van der Waals surface area contributed by atoms with Gasteiger partial charge >= 0.3 is 0 Å². The van der Waals surface area contributed by atoms with Crippen LogP contribution < -0.4 is 15.2 Å². The average molecular weight is 243 g/mol. The second-order valence-corrected chi connectivity index (χ2v) is 4.74. The predicted molar refractivity (Wildman–Crippen MR) is 66.5 cm³/mol. The smallest absolute Gasteiger partial charge is 0.231 e. The molecule has 4 rings (SSSR count). The van der Waals surface area contributed by atoms with Crippen LogP contribution in [0.1, 0.15) is 24.5 Å². The fraction of sp³-hybridized carbons (Fsp3) is 0.308. The zero-order valence-electron chi connectivity index (χ0n) is 9.77. The number of nitrogens with zero attached hydrogens (tertiary/aromatic N) is 1. The molecule has 1 aromatic heterocycles. The summed E-state index contributed by atoms with van der Waals surface area (Å²) in [7, 11) is 0. The molecule has 0 amide bonds. The highest BCUT2D eigenvalue weighted by molar-refractivity contribution is 5.78. The molecule has 0 radical (unpaired) electrons. The van der Waals surface area contributed by atoms with E-state index in [4.69, 9.17) is 15.2 Å². The number of H-pyrrole nitrogens is 1. The molecule has 1 aliphatic heterocycles. The van der Waals surface area contributed by atoms with Crippen molar-refractivity contribution in [3.05, 3.63) is 23.9 Å². The lowest BCUT2D eigenvalue weighted by Gasteiger charge is -2.04. The van der Waals surface area contributed by atoms with Crippen molar-refractivity contribution in [2.24, 2.45) is 0 Å². The number of aromatic amines is 1. The Morgan fingerprint density at radius 3 is 2.89 bits per heavy atom. The molecule has 5 heteroatoms. The first kappa shape index (κ1) is 9.82. The largest absolute Gasteiger partial charge is 0.454 e. The summed E-state index contributed by atoms with van der Waals surface area (Å²) in [6.45, 7) is 0.287. The second-order valence-electron chi connectivity index (χ2n) is 4.74. The Morgan fingerprint density at radius 2 is 2.06 bits per heavy atom. The van der Waals surface area contributed by atoms with Crippen LogP contribution in [0, 0.1) is 0 Å². The quantitative estimate of drug-likeness (QED) is 0.848. The highest BCUT2D eigenvalue weighted by atomic mass is 16.7. The standard InChI is InChI=1S/C13H13N3O2/c14-13-11(12(15-16-13)7-1-2-7)8-3-4-9-10(5-8)18-6-17-9/h3-5,7H,1-2,6H2,(H3,14,15,16). The van der Waals surface area contributed by atoms with Crippen LogP contribution in [0.5, 0.6) is 11.5 Å². The zero-order chi connectivity index (χ0) is 12.1. The van der Waals surface area contributed by atoms with Gasteiger partial charge in [-0.1, -0.05) is 6.07 Å². The monoisotopic (exact) mass is 243 g/mol. The van der Waals surface area contributed by atoms with Crippen molar-refractivity contribution in [1.29, 1.82) is 0 Å². The summed E-state index contributed by atoms with van der Waals surface area (Å²) < 4.78 is 10.7. The Bertz CT molecular complexity index is 617. The molecule has 0 bridgehead atoms. The molecule has 5 nitrogen and oxygen atoms in total. The van der Waals surface area contributed by atoms with Crippen molar-refractivity contribution < 1.29 is 9.47 Å². The van der Waals surface area contributed by atoms with E-state index >= 15 is 0 Å². The van der Waals surface area contributed by atoms with Crippen LogP contribution in [0.15, 0.2) is 18.2 Å². The molecule has 0 saturated heterocycles. The van der Waals surface area contributed by atoms with Crippen LogP contribution in [0.25, 0.3) is 11.1 Å². The van der Waals surface area contributed by atoms with E-state index in [1.54, 1.807) is 0 Å². The SMILES string of the molecule is Nc1n[nH]c(C2CC2)c1-c1ccc2c(c1)OCO2. The molecule has 2 aliphatic rings. The number of hydrogen-bond acceptors (Lipinski definition) is 4. The Hall–Kier alpha value is -2.17. The van der Waals surface area contributed by atoms with Crippen molar-refractivity contribution in [3.8, 4) is 22.6 Å². The second kappa shape index (κ2) is 3.41. The van der Waals surface area contributed by atoms with Gasteiger partial charge < -0.3 is 15.2 Å². The van der Waals surface area contributed by atoms with E-state index in [1.807, 2.05) is 18.2 Å². The molecule has 1 aliphatic carbocycles. The van der Waals surface area contributed by atoms with Gasteiger partial charge in [0.15, 0.2) is 17.3 Å². The van der Waals surface area contributed by atoms with Crippen molar-refractivity contribution in [3.63, 3.8) is 0 Å². The van der Waals surface area contributed by atoms with E-state index in [0.29, 0.717) is 11.7 Å². The maximum Gasteiger partial charge on any atom is 0.231 e. The summed E-state index contributed by atoms with van der Waals surface area (Å²) in [5.74, 6) is 2.69. The fourth-order valence-electron chi connectivity index (χ4n) is 2.39. The van der Waals surface area contributed by atoms with Gasteiger partial charge in [0.25, 0.3) is 0 Å². The molecule has 0 spiro atoms. The first-order valence-corrected chi connectivity index (χ1v) is 6.06. The summed E-state index contributed by atoms with van der Waals surface area (Å²) in [5, 5.41) is 7.18. The van der Waals surface area contributed by atoms with E-state index in [-0.39, 0.29) is 6.79 Å². The van der Waals surface area contributed by atoms with Gasteiger partial charge in [-0.05, 0) is 30.5 Å². The molecule has 2 aromatic rings. The van der Waals surface area contributed by atoms with Gasteiger partial charge in [0.2, 0.25) is 6.79 Å². The average Bonchev–Trinajstić information content (AvgIpc) is 2.99. The normalized spacial score (nSPS) is 17.1. The fourth-order valence-corrected chi connectivity index (χ4v) is 2.39. The van der Waals surface area contributed by atoms with Crippen LogP contribution in [-0.2, 0) is 0 Å². The van der Waals surface area contributed by atoms with Crippen LogP contribution in [0.4, 0.5) is 5.82 Å². The molecule has 18 heavy (non-hydrogen) atoms. The van der Waals surface area contributed by atoms with Crippen LogP contribution >= 0.6 is 0 Å². The summed E-state index contributed by atoms with van der Waals surface area (Å²) in [6.07, 6.45) is 2.42. The number of ether oxygens (including phenoxy) is 2. The summed E-state index contributed by atoms with van der Waals surface area (Å²) in [6, 6.07) is 5.89. The minimum Gasteiger partial charge on any atom is -0.454 e. The summed E-state index contributed by atoms with van der Waals surface area (Å²) >= 11 is 0. The summed E-state index contributed by atoms with van der Waals surface area (Å²) in [5.41, 5.74) is 9.16. The number of nitrogen functional groups attached to an aromatic ring is 1. The van der Waals surface area contributed by atoms with Crippen LogP contribution in [0.3, 0.4) is 0 Å². The molecular formula is C13H13N3O2. The number of benzene rings is 1. The molecule has 92 valence electrons. The highest BCUT2D eigenvalue weighted by Crippen LogP contribution is 2.46. The number of rotatable bonds is 2. The van der Waals surface area contributed by atoms with Crippen LogP contribution in [0.2, 0.25) is 0 Å². The van der Waals surface area contributed by atoms with Gasteiger partial charge in [0.05, 0.1) is 0 Å². The van der Waals surface area contributed by atoms with Gasteiger partial charge in [0, 0.05) is 17.2 Å². The molecule has 2 heterocycles. The Kier molecular flexibility index (Phi) is 1.86. The van der Waals surface area contributed by atoms with E-state index in [9.17, 15) is 0 Å². The van der Waals surface area contributed by atoms with Crippen molar-refractivity contribution in [2.45, 2.75) is 18.8 Å². The number of anilines is 1. The van der Waals surface area contributed by atoms with Gasteiger partial charge in [0.1, 0.15) is 0 Å². The molecule has 1 fully saturated rings. The van der Waals surface area contributed by atoms with Gasteiger partial charge in [-0.15, -0.1) is 0 Å². The molecule has 1 aromatic carbocycles. The first-order valence-electron chi connectivity index (χ1n) is 6.06. The maximum absolute atomic E-state index is 5.97. The lowest BCUT2D eigenvalue weighted by molar-refractivity contribution is 0.174. The molecule has 0 atom stereocenters. The number of fused-ring (bicyclic) bond motifs is 1. The predicted octanol–water partition coefficient (Wildman–Crippen LogP) is 2.26. The maximum atomic E-state index is 5.97. The third-order valence-corrected chi connectivity index (χ3v) is 3.47. The van der Waals surface area contributed by atoms with Crippen molar-refractivity contribution in [1.82, 2.24) is 10.2 Å². The molecule has 3 N–H and O–H groups in total. The zero-order valence-corrected chi connectivity index (χ0v) is 9.77. The van der Waals surface area contributed by atoms with E-state index in [1.165, 1.54) is 12.8 Å². The number of nitrogens with two attached hydrogens (primary N) is 1. The van der Waals surface area contributed by atoms with Gasteiger partial charge in [-0.25, -0.2) is 0 Å². The Morgan fingerprint density at radius 1 is 1.22 bits per heavy atom. The Labute approximate surface area is 104 Å². The number of aromatic nitrogens is 2.